The SMILES string of the molecule is CCOc1cc(Nc2cc(C)nc(-c3ccc(NC(=O)Nc4ccc(Cl)c(C(F)(F)F)c4)cc3)n2)[nH]n1. The minimum atomic E-state index is -4.64. The molecule has 0 aliphatic carbocycles. The fourth-order valence-electron chi connectivity index (χ4n) is 3.31. The van der Waals surface area contributed by atoms with E-state index in [1.54, 1.807) is 36.4 Å². The van der Waals surface area contributed by atoms with Crippen LogP contribution in [0.4, 0.5) is 41.0 Å². The lowest BCUT2D eigenvalue weighted by atomic mass is 10.2. The molecular formula is C24H21ClF3N7O2. The van der Waals surface area contributed by atoms with Gasteiger partial charge in [0.2, 0.25) is 5.88 Å². The highest BCUT2D eigenvalue weighted by molar-refractivity contribution is 6.31. The number of H-pyrrole nitrogens is 1. The Bertz CT molecular complexity index is 1410. The van der Waals surface area contributed by atoms with E-state index in [9.17, 15) is 18.0 Å². The van der Waals surface area contributed by atoms with Crippen molar-refractivity contribution in [3.05, 3.63) is 70.9 Å². The molecule has 0 aliphatic heterocycles. The number of benzene rings is 2. The number of aryl methyl sites for hydroxylation is 1. The molecule has 13 heteroatoms. The average Bonchev–Trinajstić information content (AvgIpc) is 3.26. The summed E-state index contributed by atoms with van der Waals surface area (Å²) in [5.41, 5.74) is 0.734. The fourth-order valence-corrected chi connectivity index (χ4v) is 3.53. The van der Waals surface area contributed by atoms with Crippen molar-refractivity contribution in [2.24, 2.45) is 0 Å². The van der Waals surface area contributed by atoms with Crippen LogP contribution < -0.4 is 20.7 Å². The summed E-state index contributed by atoms with van der Waals surface area (Å²) in [6.45, 7) is 4.19. The van der Waals surface area contributed by atoms with Gasteiger partial charge in [-0.05, 0) is 56.3 Å². The molecule has 2 aromatic carbocycles. The van der Waals surface area contributed by atoms with Crippen molar-refractivity contribution in [1.82, 2.24) is 20.2 Å². The predicted molar refractivity (Wildman–Crippen MR) is 134 cm³/mol. The molecule has 2 amide bonds. The predicted octanol–water partition coefficient (Wildman–Crippen LogP) is 6.63. The third kappa shape index (κ3) is 6.67. The largest absolute Gasteiger partial charge is 0.477 e. The number of halogens is 4. The molecule has 0 saturated carbocycles. The smallest absolute Gasteiger partial charge is 0.417 e. The lowest BCUT2D eigenvalue weighted by Crippen LogP contribution is -2.19. The van der Waals surface area contributed by atoms with Crippen LogP contribution in [-0.2, 0) is 6.18 Å². The molecule has 192 valence electrons. The van der Waals surface area contributed by atoms with Crippen molar-refractivity contribution in [2.45, 2.75) is 20.0 Å². The summed E-state index contributed by atoms with van der Waals surface area (Å²) in [4.78, 5) is 21.3. The first-order chi connectivity index (χ1) is 17.6. The van der Waals surface area contributed by atoms with Crippen molar-refractivity contribution in [2.75, 3.05) is 22.6 Å². The van der Waals surface area contributed by atoms with E-state index in [0.717, 1.165) is 17.8 Å². The molecule has 0 fully saturated rings. The highest BCUT2D eigenvalue weighted by atomic mass is 35.5. The van der Waals surface area contributed by atoms with Crippen LogP contribution in [0.5, 0.6) is 5.88 Å². The van der Waals surface area contributed by atoms with E-state index in [1.807, 2.05) is 13.8 Å². The molecule has 4 aromatic rings. The van der Waals surface area contributed by atoms with Gasteiger partial charge in [0.05, 0.1) is 17.2 Å². The molecule has 2 heterocycles. The number of hydrogen-bond acceptors (Lipinski definition) is 6. The molecule has 37 heavy (non-hydrogen) atoms. The van der Waals surface area contributed by atoms with Gasteiger partial charge >= 0.3 is 12.2 Å². The number of aromatic nitrogens is 4. The summed E-state index contributed by atoms with van der Waals surface area (Å²) in [7, 11) is 0. The van der Waals surface area contributed by atoms with Crippen molar-refractivity contribution < 1.29 is 22.7 Å². The molecule has 4 N–H and O–H groups in total. The Morgan fingerprint density at radius 3 is 2.43 bits per heavy atom. The molecule has 0 unspecified atom stereocenters. The maximum absolute atomic E-state index is 13.0. The topological polar surface area (TPSA) is 117 Å². The van der Waals surface area contributed by atoms with E-state index in [4.69, 9.17) is 16.3 Å². The number of hydrogen-bond donors (Lipinski definition) is 4. The van der Waals surface area contributed by atoms with E-state index in [0.29, 0.717) is 41.2 Å². The molecule has 4 rings (SSSR count). The minimum absolute atomic E-state index is 0.0512. The fraction of sp³-hybridized carbons (Fsp3) is 0.167. The summed E-state index contributed by atoms with van der Waals surface area (Å²) in [5.74, 6) is 2.04. The van der Waals surface area contributed by atoms with Crippen LogP contribution in [0, 0.1) is 6.92 Å². The number of nitrogens with zero attached hydrogens (tertiary/aromatic N) is 3. The minimum Gasteiger partial charge on any atom is -0.477 e. The zero-order valence-corrected chi connectivity index (χ0v) is 20.3. The second kappa shape index (κ2) is 10.7. The summed E-state index contributed by atoms with van der Waals surface area (Å²) >= 11 is 5.61. The van der Waals surface area contributed by atoms with E-state index in [2.05, 4.69) is 36.1 Å². The first-order valence-electron chi connectivity index (χ1n) is 11.0. The molecular weight excluding hydrogens is 511 g/mol. The number of urea groups is 1. The Morgan fingerprint density at radius 1 is 1.03 bits per heavy atom. The summed E-state index contributed by atoms with van der Waals surface area (Å²) in [6, 6.07) is 12.6. The Morgan fingerprint density at radius 2 is 1.73 bits per heavy atom. The second-order valence-electron chi connectivity index (χ2n) is 7.74. The van der Waals surface area contributed by atoms with Gasteiger partial charge in [0.15, 0.2) is 5.82 Å². The number of carbonyl (C=O) groups is 1. The molecule has 2 aromatic heterocycles. The highest BCUT2D eigenvalue weighted by Gasteiger charge is 2.33. The second-order valence-corrected chi connectivity index (χ2v) is 8.15. The third-order valence-electron chi connectivity index (χ3n) is 4.89. The zero-order chi connectivity index (χ0) is 26.6. The maximum Gasteiger partial charge on any atom is 0.417 e. The molecule has 9 nitrogen and oxygen atoms in total. The quantitative estimate of drug-likeness (QED) is 0.212. The van der Waals surface area contributed by atoms with Crippen LogP contribution >= 0.6 is 11.6 Å². The van der Waals surface area contributed by atoms with E-state index < -0.39 is 22.8 Å². The van der Waals surface area contributed by atoms with Crippen LogP contribution in [0.25, 0.3) is 11.4 Å². The maximum atomic E-state index is 13.0. The van der Waals surface area contributed by atoms with E-state index >= 15 is 0 Å². The van der Waals surface area contributed by atoms with Gasteiger partial charge in [-0.3, -0.25) is 5.10 Å². The number of anilines is 4. The van der Waals surface area contributed by atoms with Crippen LogP contribution in [-0.4, -0.2) is 32.8 Å². The summed E-state index contributed by atoms with van der Waals surface area (Å²) in [6.07, 6.45) is -4.64. The lowest BCUT2D eigenvalue weighted by molar-refractivity contribution is -0.137. The zero-order valence-electron chi connectivity index (χ0n) is 19.6. The standard InChI is InChI=1S/C24H21ClF3N7O2/c1-3-37-21-12-20(34-35-21)32-19-10-13(2)29-22(33-19)14-4-6-15(7-5-14)30-23(36)31-16-8-9-18(25)17(11-16)24(26,27)28/h4-12H,3H2,1-2H3,(H2,30,31,36)(H2,29,32,33,34,35). The molecule has 0 spiro atoms. The normalized spacial score (nSPS) is 11.2. The van der Waals surface area contributed by atoms with Crippen molar-refractivity contribution >= 4 is 40.6 Å². The average molecular weight is 532 g/mol. The Kier molecular flexibility index (Phi) is 7.48. The number of rotatable bonds is 7. The van der Waals surface area contributed by atoms with Gasteiger partial charge in [-0.25, -0.2) is 14.8 Å². The number of amides is 2. The van der Waals surface area contributed by atoms with Gasteiger partial charge in [0.1, 0.15) is 11.6 Å². The molecule has 0 atom stereocenters. The van der Waals surface area contributed by atoms with Gasteiger partial charge in [-0.2, -0.15) is 13.2 Å². The molecule has 0 bridgehead atoms. The monoisotopic (exact) mass is 531 g/mol. The van der Waals surface area contributed by atoms with Crippen molar-refractivity contribution in [3.8, 4) is 17.3 Å². The first-order valence-corrected chi connectivity index (χ1v) is 11.3. The molecule has 0 radical (unpaired) electrons. The summed E-state index contributed by atoms with van der Waals surface area (Å²) in [5, 5.41) is 14.5. The lowest BCUT2D eigenvalue weighted by Gasteiger charge is -2.12. The molecule has 0 aliphatic rings. The number of aromatic amines is 1. The van der Waals surface area contributed by atoms with Gasteiger partial charge in [-0.15, -0.1) is 5.10 Å². The van der Waals surface area contributed by atoms with E-state index in [1.165, 1.54) is 6.07 Å². The summed E-state index contributed by atoms with van der Waals surface area (Å²) < 4.78 is 44.5. The molecule has 0 saturated heterocycles. The highest BCUT2D eigenvalue weighted by Crippen LogP contribution is 2.36. The van der Waals surface area contributed by atoms with Gasteiger partial charge in [0, 0.05) is 34.8 Å². The first kappa shape index (κ1) is 25.8. The number of ether oxygens (including phenoxy) is 1. The third-order valence-corrected chi connectivity index (χ3v) is 5.22. The van der Waals surface area contributed by atoms with Crippen LogP contribution in [0.3, 0.4) is 0 Å². The number of carbonyl (C=O) groups excluding carboxylic acids is 1. The Labute approximate surface area is 214 Å². The van der Waals surface area contributed by atoms with Crippen molar-refractivity contribution in [3.63, 3.8) is 0 Å². The Balaban J connectivity index is 1.43. The number of alkyl halides is 3. The van der Waals surface area contributed by atoms with Gasteiger partial charge in [-0.1, -0.05) is 11.6 Å². The van der Waals surface area contributed by atoms with Crippen LogP contribution in [0.1, 0.15) is 18.2 Å². The van der Waals surface area contributed by atoms with Gasteiger partial charge < -0.3 is 20.7 Å². The number of nitrogens with one attached hydrogen (secondary N) is 4. The van der Waals surface area contributed by atoms with Crippen LogP contribution in [0.2, 0.25) is 5.02 Å². The van der Waals surface area contributed by atoms with Crippen molar-refractivity contribution in [1.29, 1.82) is 0 Å². The van der Waals surface area contributed by atoms with Gasteiger partial charge in [0.25, 0.3) is 0 Å². The Hall–Kier alpha value is -4.32. The van der Waals surface area contributed by atoms with Crippen LogP contribution in [0.15, 0.2) is 54.6 Å². The van der Waals surface area contributed by atoms with E-state index in [-0.39, 0.29) is 5.69 Å².